The molecule has 0 radical (unpaired) electrons. The highest BCUT2D eigenvalue weighted by Gasteiger charge is 2.11. The largest absolute Gasteiger partial charge is 0.335 e. The van der Waals surface area contributed by atoms with Gasteiger partial charge in [-0.3, -0.25) is 4.79 Å². The lowest BCUT2D eigenvalue weighted by molar-refractivity contribution is -0.129. The van der Waals surface area contributed by atoms with Crippen molar-refractivity contribution < 1.29 is 4.79 Å². The van der Waals surface area contributed by atoms with E-state index in [1.807, 2.05) is 0 Å². The Labute approximate surface area is 93.0 Å². The molecule has 0 aromatic carbocycles. The second kappa shape index (κ2) is 8.31. The van der Waals surface area contributed by atoms with Gasteiger partial charge < -0.3 is 10.6 Å². The number of amides is 1. The standard InChI is InChI=1S/C12H22N2O/c1-4-10-14(3)12(15)7-6-11(5-2)8-9-13/h1,11H,5-10,13H2,2-3H3. The number of hydrogen-bond donors (Lipinski definition) is 1. The Morgan fingerprint density at radius 3 is 2.67 bits per heavy atom. The van der Waals surface area contributed by atoms with Crippen LogP contribution in [0.4, 0.5) is 0 Å². The van der Waals surface area contributed by atoms with Crippen LogP contribution in [0.3, 0.4) is 0 Å². The fourth-order valence-electron chi connectivity index (χ4n) is 1.53. The van der Waals surface area contributed by atoms with E-state index in [1.54, 1.807) is 11.9 Å². The third kappa shape index (κ3) is 6.14. The van der Waals surface area contributed by atoms with Gasteiger partial charge >= 0.3 is 0 Å². The van der Waals surface area contributed by atoms with E-state index < -0.39 is 0 Å². The predicted octanol–water partition coefficient (Wildman–Crippen LogP) is 1.23. The highest BCUT2D eigenvalue weighted by atomic mass is 16.2. The molecular formula is C12H22N2O. The Kier molecular flexibility index (Phi) is 7.75. The van der Waals surface area contributed by atoms with Crippen LogP contribution in [-0.2, 0) is 4.79 Å². The van der Waals surface area contributed by atoms with Crippen LogP contribution in [0.2, 0.25) is 0 Å². The van der Waals surface area contributed by atoms with Crippen LogP contribution in [0.1, 0.15) is 32.6 Å². The number of hydrogen-bond acceptors (Lipinski definition) is 2. The quantitative estimate of drug-likeness (QED) is 0.642. The van der Waals surface area contributed by atoms with Crippen LogP contribution >= 0.6 is 0 Å². The molecule has 86 valence electrons. The maximum Gasteiger partial charge on any atom is 0.223 e. The maximum absolute atomic E-state index is 11.6. The molecule has 0 saturated heterocycles. The lowest BCUT2D eigenvalue weighted by Gasteiger charge is -2.17. The number of nitrogens with two attached hydrogens (primary N) is 1. The van der Waals surface area contributed by atoms with Crippen molar-refractivity contribution in [1.82, 2.24) is 4.90 Å². The van der Waals surface area contributed by atoms with Crippen LogP contribution in [0.5, 0.6) is 0 Å². The lowest BCUT2D eigenvalue weighted by atomic mass is 9.96. The fourth-order valence-corrected chi connectivity index (χ4v) is 1.53. The van der Waals surface area contributed by atoms with Crippen molar-refractivity contribution >= 4 is 5.91 Å². The van der Waals surface area contributed by atoms with Crippen molar-refractivity contribution in [2.45, 2.75) is 32.6 Å². The first-order valence-electron chi connectivity index (χ1n) is 5.53. The molecule has 2 N–H and O–H groups in total. The van der Waals surface area contributed by atoms with Crippen LogP contribution < -0.4 is 5.73 Å². The summed E-state index contributed by atoms with van der Waals surface area (Å²) in [6, 6.07) is 0. The van der Waals surface area contributed by atoms with Gasteiger partial charge in [0, 0.05) is 13.5 Å². The van der Waals surface area contributed by atoms with E-state index in [-0.39, 0.29) is 5.91 Å². The molecule has 0 saturated carbocycles. The Morgan fingerprint density at radius 1 is 1.53 bits per heavy atom. The van der Waals surface area contributed by atoms with Crippen LogP contribution in [0.25, 0.3) is 0 Å². The minimum atomic E-state index is 0.128. The molecule has 0 fully saturated rings. The van der Waals surface area contributed by atoms with Gasteiger partial charge in [-0.2, -0.15) is 0 Å². The summed E-state index contributed by atoms with van der Waals surface area (Å²) >= 11 is 0. The third-order valence-corrected chi connectivity index (χ3v) is 2.67. The zero-order valence-corrected chi connectivity index (χ0v) is 9.83. The first kappa shape index (κ1) is 14.0. The van der Waals surface area contributed by atoms with E-state index in [4.69, 9.17) is 12.2 Å². The number of rotatable bonds is 7. The smallest absolute Gasteiger partial charge is 0.223 e. The highest BCUT2D eigenvalue weighted by molar-refractivity contribution is 5.76. The van der Waals surface area contributed by atoms with Crippen molar-refractivity contribution in [3.05, 3.63) is 0 Å². The van der Waals surface area contributed by atoms with Crippen molar-refractivity contribution in [2.75, 3.05) is 20.1 Å². The number of carbonyl (C=O) groups excluding carboxylic acids is 1. The average Bonchev–Trinajstić information content (AvgIpc) is 2.24. The predicted molar refractivity (Wildman–Crippen MR) is 63.2 cm³/mol. The van der Waals surface area contributed by atoms with E-state index in [0.29, 0.717) is 25.4 Å². The average molecular weight is 210 g/mol. The van der Waals surface area contributed by atoms with Crippen LogP contribution in [-0.4, -0.2) is 30.9 Å². The van der Waals surface area contributed by atoms with Gasteiger partial charge in [0.1, 0.15) is 0 Å². The van der Waals surface area contributed by atoms with E-state index in [0.717, 1.165) is 19.3 Å². The van der Waals surface area contributed by atoms with Gasteiger partial charge in [0.25, 0.3) is 0 Å². The molecule has 0 rings (SSSR count). The SMILES string of the molecule is C#CCN(C)C(=O)CCC(CC)CCN. The molecule has 0 spiro atoms. The summed E-state index contributed by atoms with van der Waals surface area (Å²) < 4.78 is 0. The lowest BCUT2D eigenvalue weighted by Crippen LogP contribution is -2.27. The van der Waals surface area contributed by atoms with Crippen molar-refractivity contribution in [3.8, 4) is 12.3 Å². The topological polar surface area (TPSA) is 46.3 Å². The summed E-state index contributed by atoms with van der Waals surface area (Å²) in [4.78, 5) is 13.1. The molecule has 3 nitrogen and oxygen atoms in total. The summed E-state index contributed by atoms with van der Waals surface area (Å²) in [6.07, 6.45) is 8.72. The van der Waals surface area contributed by atoms with Gasteiger partial charge in [0.15, 0.2) is 0 Å². The molecule has 1 unspecified atom stereocenters. The summed E-state index contributed by atoms with van der Waals surface area (Å²) in [6.45, 7) is 3.23. The molecule has 0 aromatic heterocycles. The second-order valence-electron chi connectivity index (χ2n) is 3.84. The molecule has 1 atom stereocenters. The second-order valence-corrected chi connectivity index (χ2v) is 3.84. The Hall–Kier alpha value is -1.01. The van der Waals surface area contributed by atoms with E-state index in [2.05, 4.69) is 12.8 Å². The van der Waals surface area contributed by atoms with Gasteiger partial charge in [0.2, 0.25) is 5.91 Å². The van der Waals surface area contributed by atoms with Crippen LogP contribution in [0, 0.1) is 18.3 Å². The monoisotopic (exact) mass is 210 g/mol. The number of nitrogens with zero attached hydrogens (tertiary/aromatic N) is 1. The fraction of sp³-hybridized carbons (Fsp3) is 0.750. The molecule has 0 aromatic rings. The normalized spacial score (nSPS) is 11.9. The summed E-state index contributed by atoms with van der Waals surface area (Å²) in [5.41, 5.74) is 5.50. The summed E-state index contributed by atoms with van der Waals surface area (Å²) in [5.74, 6) is 3.16. The molecule has 0 heterocycles. The molecule has 0 bridgehead atoms. The van der Waals surface area contributed by atoms with Gasteiger partial charge in [-0.25, -0.2) is 0 Å². The summed E-state index contributed by atoms with van der Waals surface area (Å²) in [7, 11) is 1.74. The highest BCUT2D eigenvalue weighted by Crippen LogP contribution is 2.14. The van der Waals surface area contributed by atoms with Gasteiger partial charge in [-0.15, -0.1) is 6.42 Å². The molecule has 1 amide bonds. The Balaban J connectivity index is 3.82. The molecule has 15 heavy (non-hydrogen) atoms. The first-order chi connectivity index (χ1) is 7.15. The Bertz CT molecular complexity index is 220. The van der Waals surface area contributed by atoms with Crippen molar-refractivity contribution in [3.63, 3.8) is 0 Å². The van der Waals surface area contributed by atoms with Gasteiger partial charge in [-0.1, -0.05) is 19.3 Å². The van der Waals surface area contributed by atoms with E-state index in [9.17, 15) is 4.79 Å². The molecular weight excluding hydrogens is 188 g/mol. The zero-order valence-electron chi connectivity index (χ0n) is 9.83. The van der Waals surface area contributed by atoms with E-state index in [1.165, 1.54) is 0 Å². The van der Waals surface area contributed by atoms with Crippen LogP contribution in [0.15, 0.2) is 0 Å². The molecule has 0 aliphatic carbocycles. The Morgan fingerprint density at radius 2 is 2.20 bits per heavy atom. The minimum Gasteiger partial charge on any atom is -0.335 e. The van der Waals surface area contributed by atoms with Crippen molar-refractivity contribution in [1.29, 1.82) is 0 Å². The van der Waals surface area contributed by atoms with Crippen molar-refractivity contribution in [2.24, 2.45) is 11.7 Å². The number of terminal acetylenes is 1. The summed E-state index contributed by atoms with van der Waals surface area (Å²) in [5, 5.41) is 0. The first-order valence-corrected chi connectivity index (χ1v) is 5.53. The minimum absolute atomic E-state index is 0.128. The third-order valence-electron chi connectivity index (χ3n) is 2.67. The zero-order chi connectivity index (χ0) is 11.7. The van der Waals surface area contributed by atoms with E-state index >= 15 is 0 Å². The molecule has 0 aliphatic heterocycles. The molecule has 3 heteroatoms. The number of carbonyl (C=O) groups is 1. The molecule has 0 aliphatic rings. The van der Waals surface area contributed by atoms with Gasteiger partial charge in [-0.05, 0) is 25.3 Å². The maximum atomic E-state index is 11.6. The van der Waals surface area contributed by atoms with Gasteiger partial charge in [0.05, 0.1) is 6.54 Å².